The molecule has 3 nitrogen and oxygen atoms in total. The van der Waals surface area contributed by atoms with Gasteiger partial charge in [-0.2, -0.15) is 0 Å². The number of piperidine rings is 1. The number of hydrogen-bond donors (Lipinski definition) is 1. The van der Waals surface area contributed by atoms with E-state index in [-0.39, 0.29) is 11.9 Å². The average Bonchev–Trinajstić information content (AvgIpc) is 2.70. The fourth-order valence-corrected chi connectivity index (χ4v) is 2.55. The summed E-state index contributed by atoms with van der Waals surface area (Å²) in [5.41, 5.74) is 0. The number of hydrogen-bond acceptors (Lipinski definition) is 4. The molecule has 2 heterocycles. The van der Waals surface area contributed by atoms with Gasteiger partial charge >= 0.3 is 0 Å². The molecule has 0 unspecified atom stereocenters. The van der Waals surface area contributed by atoms with Crippen molar-refractivity contribution < 1.29 is 9.90 Å². The van der Waals surface area contributed by atoms with Crippen molar-refractivity contribution >= 4 is 17.1 Å². The first-order valence-corrected chi connectivity index (χ1v) is 6.11. The first-order chi connectivity index (χ1) is 7.25. The molecule has 0 spiro atoms. The topological polar surface area (TPSA) is 40.5 Å². The Balaban J connectivity index is 1.89. The number of ketones is 1. The lowest BCUT2D eigenvalue weighted by Gasteiger charge is -2.29. The van der Waals surface area contributed by atoms with E-state index in [4.69, 9.17) is 0 Å². The molecule has 0 bridgehead atoms. The fourth-order valence-electron chi connectivity index (χ4n) is 1.89. The predicted molar refractivity (Wildman–Crippen MR) is 60.3 cm³/mol. The number of rotatable bonds is 3. The maximum Gasteiger partial charge on any atom is 0.186 e. The molecule has 4 heteroatoms. The van der Waals surface area contributed by atoms with Crippen molar-refractivity contribution in [2.24, 2.45) is 0 Å². The smallest absolute Gasteiger partial charge is 0.186 e. The number of Topliss-reactive ketones (excluding diaryl/α,β-unsaturated/α-hetero) is 1. The Kier molecular flexibility index (Phi) is 3.51. The number of aliphatic hydroxyl groups excluding tert-OH is 1. The Morgan fingerprint density at radius 2 is 2.53 bits per heavy atom. The van der Waals surface area contributed by atoms with Gasteiger partial charge in [-0.1, -0.05) is 6.07 Å². The Hall–Kier alpha value is -0.710. The van der Waals surface area contributed by atoms with Gasteiger partial charge in [0.05, 0.1) is 17.5 Å². The van der Waals surface area contributed by atoms with Crippen LogP contribution in [0.25, 0.3) is 0 Å². The van der Waals surface area contributed by atoms with E-state index in [2.05, 4.69) is 0 Å². The van der Waals surface area contributed by atoms with Gasteiger partial charge in [0.25, 0.3) is 0 Å². The van der Waals surface area contributed by atoms with Gasteiger partial charge in [0.1, 0.15) is 0 Å². The molecule has 15 heavy (non-hydrogen) atoms. The molecule has 0 radical (unpaired) electrons. The number of β-amino-alcohol motifs (C(OH)–C–C–N with tert-alkyl or cyclic N) is 1. The second kappa shape index (κ2) is 4.88. The zero-order valence-electron chi connectivity index (χ0n) is 8.56. The molecule has 1 aliphatic rings. The summed E-state index contributed by atoms with van der Waals surface area (Å²) in [6.45, 7) is 2.00. The monoisotopic (exact) mass is 225 g/mol. The van der Waals surface area contributed by atoms with Crippen LogP contribution in [0.5, 0.6) is 0 Å². The van der Waals surface area contributed by atoms with Crippen molar-refractivity contribution in [3.63, 3.8) is 0 Å². The highest BCUT2D eigenvalue weighted by Gasteiger charge is 2.20. The molecule has 1 saturated heterocycles. The van der Waals surface area contributed by atoms with Crippen LogP contribution in [0.3, 0.4) is 0 Å². The third kappa shape index (κ3) is 2.87. The third-order valence-corrected chi connectivity index (χ3v) is 3.55. The summed E-state index contributed by atoms with van der Waals surface area (Å²) in [4.78, 5) is 14.6. The van der Waals surface area contributed by atoms with Crippen LogP contribution in [0.1, 0.15) is 22.5 Å². The summed E-state index contributed by atoms with van der Waals surface area (Å²) in [5.74, 6) is 0.166. The molecule has 82 valence electrons. The Morgan fingerprint density at radius 1 is 1.67 bits per heavy atom. The van der Waals surface area contributed by atoms with Crippen molar-refractivity contribution in [1.82, 2.24) is 4.90 Å². The minimum absolute atomic E-state index is 0.166. The van der Waals surface area contributed by atoms with Crippen molar-refractivity contribution in [2.75, 3.05) is 19.6 Å². The second-order valence-corrected chi connectivity index (χ2v) is 4.88. The summed E-state index contributed by atoms with van der Waals surface area (Å²) in [6, 6.07) is 3.75. The largest absolute Gasteiger partial charge is 0.392 e. The lowest BCUT2D eigenvalue weighted by atomic mass is 10.1. The van der Waals surface area contributed by atoms with E-state index in [1.165, 1.54) is 11.3 Å². The van der Waals surface area contributed by atoms with Gasteiger partial charge in [-0.05, 0) is 30.8 Å². The Bertz CT molecular complexity index is 323. The predicted octanol–water partition coefficient (Wildman–Crippen LogP) is 1.39. The number of aliphatic hydroxyl groups is 1. The van der Waals surface area contributed by atoms with Crippen LogP contribution in [0, 0.1) is 0 Å². The summed E-state index contributed by atoms with van der Waals surface area (Å²) in [5, 5.41) is 11.4. The van der Waals surface area contributed by atoms with Gasteiger partial charge in [0, 0.05) is 6.54 Å². The molecule has 0 aromatic carbocycles. The molecule has 0 saturated carbocycles. The Morgan fingerprint density at radius 3 is 3.20 bits per heavy atom. The first kappa shape index (κ1) is 10.8. The normalized spacial score (nSPS) is 22.9. The third-order valence-electron chi connectivity index (χ3n) is 2.64. The molecule has 1 atom stereocenters. The first-order valence-electron chi connectivity index (χ1n) is 5.23. The van der Waals surface area contributed by atoms with Gasteiger partial charge in [-0.3, -0.25) is 9.69 Å². The van der Waals surface area contributed by atoms with Gasteiger partial charge in [0.15, 0.2) is 5.78 Å². The fraction of sp³-hybridized carbons (Fsp3) is 0.545. The minimum Gasteiger partial charge on any atom is -0.392 e. The summed E-state index contributed by atoms with van der Waals surface area (Å²) >= 11 is 1.48. The van der Waals surface area contributed by atoms with Crippen molar-refractivity contribution in [3.8, 4) is 0 Å². The quantitative estimate of drug-likeness (QED) is 0.790. The molecular formula is C11H15NO2S. The number of nitrogens with zero attached hydrogens (tertiary/aromatic N) is 1. The molecular weight excluding hydrogens is 210 g/mol. The number of thiophene rings is 1. The van der Waals surface area contributed by atoms with Crippen LogP contribution in [-0.2, 0) is 0 Å². The van der Waals surface area contributed by atoms with Crippen LogP contribution in [0.4, 0.5) is 0 Å². The van der Waals surface area contributed by atoms with Gasteiger partial charge in [-0.25, -0.2) is 0 Å². The van der Waals surface area contributed by atoms with Crippen LogP contribution in [0.2, 0.25) is 0 Å². The number of carbonyl (C=O) groups excluding carboxylic acids is 1. The Labute approximate surface area is 93.3 Å². The highest BCUT2D eigenvalue weighted by molar-refractivity contribution is 7.12. The van der Waals surface area contributed by atoms with E-state index in [1.807, 2.05) is 22.4 Å². The van der Waals surface area contributed by atoms with Crippen LogP contribution < -0.4 is 0 Å². The highest BCUT2D eigenvalue weighted by atomic mass is 32.1. The number of carbonyl (C=O) groups is 1. The summed E-state index contributed by atoms with van der Waals surface area (Å²) in [6.07, 6.45) is 1.60. The molecule has 1 aliphatic heterocycles. The lowest BCUT2D eigenvalue weighted by molar-refractivity contribution is 0.0636. The van der Waals surface area contributed by atoms with E-state index < -0.39 is 0 Å². The zero-order valence-corrected chi connectivity index (χ0v) is 9.37. The van der Waals surface area contributed by atoms with Gasteiger partial charge in [-0.15, -0.1) is 11.3 Å². The number of likely N-dealkylation sites (tertiary alicyclic amines) is 1. The molecule has 1 fully saturated rings. The zero-order chi connectivity index (χ0) is 10.7. The maximum atomic E-state index is 11.8. The summed E-state index contributed by atoms with van der Waals surface area (Å²) < 4.78 is 0. The molecule has 1 aromatic rings. The van der Waals surface area contributed by atoms with Gasteiger partial charge < -0.3 is 5.11 Å². The van der Waals surface area contributed by atoms with Crippen molar-refractivity contribution in [1.29, 1.82) is 0 Å². The minimum atomic E-state index is -0.255. The molecule has 1 aromatic heterocycles. The van der Waals surface area contributed by atoms with E-state index in [0.29, 0.717) is 13.1 Å². The molecule has 0 aliphatic carbocycles. The average molecular weight is 225 g/mol. The van der Waals surface area contributed by atoms with E-state index >= 15 is 0 Å². The maximum absolute atomic E-state index is 11.8. The van der Waals surface area contributed by atoms with Gasteiger partial charge in [0.2, 0.25) is 0 Å². The SMILES string of the molecule is O=C(CN1CCC[C@H](O)C1)c1cccs1. The highest BCUT2D eigenvalue weighted by Crippen LogP contribution is 2.13. The van der Waals surface area contributed by atoms with Crippen molar-refractivity contribution in [2.45, 2.75) is 18.9 Å². The molecule has 0 amide bonds. The van der Waals surface area contributed by atoms with Crippen LogP contribution in [-0.4, -0.2) is 41.5 Å². The molecule has 1 N–H and O–H groups in total. The van der Waals surface area contributed by atoms with E-state index in [9.17, 15) is 9.90 Å². The standard InChI is InChI=1S/C11H15NO2S/c13-9-3-1-5-12(7-9)8-10(14)11-4-2-6-15-11/h2,4,6,9,13H,1,3,5,7-8H2/t9-/m0/s1. The van der Waals surface area contributed by atoms with Crippen LogP contribution >= 0.6 is 11.3 Å². The molecule has 2 rings (SSSR count). The van der Waals surface area contributed by atoms with E-state index in [0.717, 1.165) is 24.3 Å². The van der Waals surface area contributed by atoms with Crippen LogP contribution in [0.15, 0.2) is 17.5 Å². The van der Waals surface area contributed by atoms with Crippen molar-refractivity contribution in [3.05, 3.63) is 22.4 Å². The second-order valence-electron chi connectivity index (χ2n) is 3.93. The lowest BCUT2D eigenvalue weighted by Crippen LogP contribution is -2.40. The summed E-state index contributed by atoms with van der Waals surface area (Å²) in [7, 11) is 0. The van der Waals surface area contributed by atoms with E-state index in [1.54, 1.807) is 0 Å².